The summed E-state index contributed by atoms with van der Waals surface area (Å²) in [7, 11) is 1.29. The first kappa shape index (κ1) is 15.2. The van der Waals surface area contributed by atoms with Gasteiger partial charge >= 0.3 is 5.97 Å². The van der Waals surface area contributed by atoms with Gasteiger partial charge in [0.2, 0.25) is 11.7 Å². The molecule has 0 bridgehead atoms. The average Bonchev–Trinajstić information content (AvgIpc) is 3.26. The summed E-state index contributed by atoms with van der Waals surface area (Å²) in [6.45, 7) is 2.39. The number of hydrogen-bond donors (Lipinski definition) is 2. The van der Waals surface area contributed by atoms with Gasteiger partial charge in [0.1, 0.15) is 5.82 Å². The molecule has 0 saturated heterocycles. The first-order chi connectivity index (χ1) is 10.1. The second kappa shape index (κ2) is 7.01. The highest BCUT2D eigenvalue weighted by atomic mass is 16.5. The summed E-state index contributed by atoms with van der Waals surface area (Å²) in [5.41, 5.74) is 0.680. The molecule has 0 radical (unpaired) electrons. The molecule has 0 unspecified atom stereocenters. The molecule has 1 fully saturated rings. The molecule has 0 spiro atoms. The first-order valence-electron chi connectivity index (χ1n) is 7.05. The molecule has 1 aliphatic carbocycles. The first-order valence-corrected chi connectivity index (χ1v) is 7.05. The predicted octanol–water partition coefficient (Wildman–Crippen LogP) is 1.04. The minimum atomic E-state index is -0.564. The number of carbonyl (C=O) groups excluding carboxylic acids is 2. The van der Waals surface area contributed by atoms with Gasteiger partial charge in [-0.15, -0.1) is 0 Å². The van der Waals surface area contributed by atoms with Crippen molar-refractivity contribution >= 4 is 17.7 Å². The molecule has 114 valence electrons. The van der Waals surface area contributed by atoms with Crippen molar-refractivity contribution in [1.29, 1.82) is 0 Å². The lowest BCUT2D eigenvalue weighted by Crippen LogP contribution is -2.25. The van der Waals surface area contributed by atoms with Crippen molar-refractivity contribution < 1.29 is 14.3 Å². The van der Waals surface area contributed by atoms with E-state index in [1.54, 1.807) is 13.0 Å². The quantitative estimate of drug-likeness (QED) is 0.576. The Morgan fingerprint density at radius 2 is 2.14 bits per heavy atom. The maximum Gasteiger partial charge on any atom is 0.376 e. The van der Waals surface area contributed by atoms with Gasteiger partial charge in [-0.25, -0.2) is 14.8 Å². The van der Waals surface area contributed by atoms with E-state index in [1.165, 1.54) is 7.11 Å². The Bertz CT molecular complexity index is 529. The van der Waals surface area contributed by atoms with E-state index in [4.69, 9.17) is 0 Å². The van der Waals surface area contributed by atoms with Crippen LogP contribution < -0.4 is 10.6 Å². The summed E-state index contributed by atoms with van der Waals surface area (Å²) < 4.78 is 4.60. The third-order valence-corrected chi connectivity index (χ3v) is 3.05. The Kier molecular flexibility index (Phi) is 5.08. The normalized spacial score (nSPS) is 13.6. The molecule has 1 aliphatic rings. The lowest BCUT2D eigenvalue weighted by Gasteiger charge is -2.08. The minimum Gasteiger partial charge on any atom is -0.463 e. The molecule has 7 nitrogen and oxygen atoms in total. The zero-order valence-electron chi connectivity index (χ0n) is 12.3. The van der Waals surface area contributed by atoms with Crippen molar-refractivity contribution in [3.63, 3.8) is 0 Å². The highest BCUT2D eigenvalue weighted by molar-refractivity contribution is 5.85. The Morgan fingerprint density at radius 1 is 1.38 bits per heavy atom. The van der Waals surface area contributed by atoms with Crippen molar-refractivity contribution in [2.75, 3.05) is 19.0 Å². The second-order valence-electron chi connectivity index (χ2n) is 5.08. The van der Waals surface area contributed by atoms with Crippen molar-refractivity contribution in [3.8, 4) is 0 Å². The van der Waals surface area contributed by atoms with Gasteiger partial charge in [-0.1, -0.05) is 0 Å². The number of esters is 1. The number of ether oxygens (including phenoxy) is 1. The molecule has 1 aromatic heterocycles. The smallest absolute Gasteiger partial charge is 0.376 e. The van der Waals surface area contributed by atoms with Gasteiger partial charge in [0.25, 0.3) is 0 Å². The maximum atomic E-state index is 11.5. The topological polar surface area (TPSA) is 93.2 Å². The van der Waals surface area contributed by atoms with Crippen LogP contribution in [0.1, 0.15) is 42.0 Å². The third-order valence-electron chi connectivity index (χ3n) is 3.05. The number of rotatable bonds is 7. The largest absolute Gasteiger partial charge is 0.463 e. The number of aryl methyl sites for hydroxylation is 1. The number of aromatic nitrogens is 2. The van der Waals surface area contributed by atoms with Gasteiger partial charge < -0.3 is 15.4 Å². The lowest BCUT2D eigenvalue weighted by molar-refractivity contribution is -0.121. The molecule has 2 rings (SSSR count). The molecule has 7 heteroatoms. The number of methoxy groups -OCH3 is 1. The fourth-order valence-electron chi connectivity index (χ4n) is 1.83. The molecule has 21 heavy (non-hydrogen) atoms. The number of nitrogens with one attached hydrogen (secondary N) is 2. The van der Waals surface area contributed by atoms with Crippen LogP contribution in [-0.2, 0) is 9.53 Å². The lowest BCUT2D eigenvalue weighted by atomic mass is 10.3. The monoisotopic (exact) mass is 292 g/mol. The molecular weight excluding hydrogens is 272 g/mol. The van der Waals surface area contributed by atoms with Crippen LogP contribution in [0.2, 0.25) is 0 Å². The molecule has 0 aromatic carbocycles. The highest BCUT2D eigenvalue weighted by Gasteiger charge is 2.22. The number of carbonyl (C=O) groups is 2. The van der Waals surface area contributed by atoms with E-state index in [0.717, 1.165) is 12.8 Å². The standard InChI is InChI=1S/C14H20N4O3/c1-9-8-11(18-13(16-9)14(20)21-2)15-7-3-4-12(19)17-10-5-6-10/h8,10H,3-7H2,1-2H3,(H,17,19)(H,15,16,18). The minimum absolute atomic E-state index is 0.0338. The van der Waals surface area contributed by atoms with Crippen LogP contribution in [0.15, 0.2) is 6.07 Å². The van der Waals surface area contributed by atoms with Crippen LogP contribution in [0, 0.1) is 6.92 Å². The number of nitrogens with zero attached hydrogens (tertiary/aromatic N) is 2. The zero-order chi connectivity index (χ0) is 15.2. The van der Waals surface area contributed by atoms with Gasteiger partial charge in [0.15, 0.2) is 0 Å². The van der Waals surface area contributed by atoms with Crippen molar-refractivity contribution in [3.05, 3.63) is 17.6 Å². The van der Waals surface area contributed by atoms with Crippen LogP contribution >= 0.6 is 0 Å². The molecule has 1 aromatic rings. The third kappa shape index (κ3) is 5.02. The second-order valence-corrected chi connectivity index (χ2v) is 5.08. The summed E-state index contributed by atoms with van der Waals surface area (Å²) in [5, 5.41) is 6.03. The van der Waals surface area contributed by atoms with Crippen LogP contribution in [0.4, 0.5) is 5.82 Å². The van der Waals surface area contributed by atoms with Gasteiger partial charge in [0.05, 0.1) is 7.11 Å². The average molecular weight is 292 g/mol. The summed E-state index contributed by atoms with van der Waals surface area (Å²) in [6, 6.07) is 2.15. The highest BCUT2D eigenvalue weighted by Crippen LogP contribution is 2.18. The van der Waals surface area contributed by atoms with E-state index in [0.29, 0.717) is 36.9 Å². The summed E-state index contributed by atoms with van der Waals surface area (Å²) in [6.07, 6.45) is 3.38. The number of hydrogen-bond acceptors (Lipinski definition) is 6. The Balaban J connectivity index is 1.78. The number of amides is 1. The summed E-state index contributed by atoms with van der Waals surface area (Å²) in [4.78, 5) is 31.0. The number of anilines is 1. The molecule has 2 N–H and O–H groups in total. The van der Waals surface area contributed by atoms with Crippen LogP contribution in [0.5, 0.6) is 0 Å². The maximum absolute atomic E-state index is 11.5. The van der Waals surface area contributed by atoms with Gasteiger partial charge in [-0.3, -0.25) is 4.79 Å². The van der Waals surface area contributed by atoms with E-state index in [2.05, 4.69) is 25.3 Å². The predicted molar refractivity (Wildman–Crippen MR) is 77.0 cm³/mol. The fourth-order valence-corrected chi connectivity index (χ4v) is 1.83. The Morgan fingerprint density at radius 3 is 2.81 bits per heavy atom. The zero-order valence-corrected chi connectivity index (χ0v) is 12.3. The molecule has 1 amide bonds. The van der Waals surface area contributed by atoms with E-state index in [-0.39, 0.29) is 11.7 Å². The summed E-state index contributed by atoms with van der Waals surface area (Å²) >= 11 is 0. The molecule has 1 heterocycles. The van der Waals surface area contributed by atoms with Crippen molar-refractivity contribution in [1.82, 2.24) is 15.3 Å². The molecule has 0 atom stereocenters. The van der Waals surface area contributed by atoms with E-state index < -0.39 is 5.97 Å². The Labute approximate surface area is 123 Å². The SMILES string of the molecule is COC(=O)c1nc(C)cc(NCCCC(=O)NC2CC2)n1. The van der Waals surface area contributed by atoms with Crippen LogP contribution in [0.3, 0.4) is 0 Å². The van der Waals surface area contributed by atoms with E-state index >= 15 is 0 Å². The van der Waals surface area contributed by atoms with E-state index in [9.17, 15) is 9.59 Å². The van der Waals surface area contributed by atoms with Crippen LogP contribution in [0.25, 0.3) is 0 Å². The Hall–Kier alpha value is -2.18. The summed E-state index contributed by atoms with van der Waals surface area (Å²) in [5.74, 6) is 0.121. The van der Waals surface area contributed by atoms with Gasteiger partial charge in [-0.2, -0.15) is 0 Å². The molecule has 1 saturated carbocycles. The van der Waals surface area contributed by atoms with Crippen LogP contribution in [-0.4, -0.2) is 41.5 Å². The van der Waals surface area contributed by atoms with Crippen molar-refractivity contribution in [2.45, 2.75) is 38.6 Å². The van der Waals surface area contributed by atoms with Crippen molar-refractivity contribution in [2.24, 2.45) is 0 Å². The van der Waals surface area contributed by atoms with Gasteiger partial charge in [0, 0.05) is 30.8 Å². The fraction of sp³-hybridized carbons (Fsp3) is 0.571. The molecular formula is C14H20N4O3. The van der Waals surface area contributed by atoms with E-state index in [1.807, 2.05) is 0 Å². The van der Waals surface area contributed by atoms with Gasteiger partial charge in [-0.05, 0) is 26.2 Å². The molecule has 0 aliphatic heterocycles.